The van der Waals surface area contributed by atoms with Crippen molar-refractivity contribution in [2.75, 3.05) is 20.3 Å². The van der Waals surface area contributed by atoms with E-state index in [1.54, 1.807) is 0 Å². The first-order valence-corrected chi connectivity index (χ1v) is 5.52. The van der Waals surface area contributed by atoms with Crippen LogP contribution in [-0.2, 0) is 4.74 Å². The van der Waals surface area contributed by atoms with Gasteiger partial charge in [0.25, 0.3) is 5.91 Å². The van der Waals surface area contributed by atoms with E-state index in [9.17, 15) is 13.6 Å². The first kappa shape index (κ1) is 14.5. The van der Waals surface area contributed by atoms with Crippen LogP contribution in [0.25, 0.3) is 0 Å². The van der Waals surface area contributed by atoms with Crippen LogP contribution in [0.4, 0.5) is 8.78 Å². The molecular weight excluding hydrogens is 242 g/mol. The zero-order valence-electron chi connectivity index (χ0n) is 10.1. The summed E-state index contributed by atoms with van der Waals surface area (Å²) >= 11 is 0. The van der Waals surface area contributed by atoms with Gasteiger partial charge in [-0.15, -0.1) is 0 Å². The quantitative estimate of drug-likeness (QED) is 0.802. The Labute approximate surface area is 104 Å². The van der Waals surface area contributed by atoms with Crippen LogP contribution in [0.15, 0.2) is 18.2 Å². The Morgan fingerprint density at radius 2 is 2.00 bits per heavy atom. The molecule has 0 heterocycles. The number of carbonyl (C=O) groups excluding carboxylic acids is 1. The molecule has 0 aliphatic rings. The lowest BCUT2D eigenvalue weighted by atomic mass is 10.1. The molecule has 4 nitrogen and oxygen atoms in total. The summed E-state index contributed by atoms with van der Waals surface area (Å²) in [6.45, 7) is 0.673. The number of methoxy groups -OCH3 is 1. The van der Waals surface area contributed by atoms with Crippen LogP contribution in [0.1, 0.15) is 16.8 Å². The van der Waals surface area contributed by atoms with Crippen molar-refractivity contribution in [2.45, 2.75) is 12.5 Å². The van der Waals surface area contributed by atoms with E-state index in [4.69, 9.17) is 10.5 Å². The van der Waals surface area contributed by atoms with Crippen molar-refractivity contribution in [2.24, 2.45) is 5.73 Å². The van der Waals surface area contributed by atoms with Crippen molar-refractivity contribution in [1.29, 1.82) is 0 Å². The van der Waals surface area contributed by atoms with Crippen LogP contribution in [0, 0.1) is 11.6 Å². The number of amides is 1. The van der Waals surface area contributed by atoms with Crippen LogP contribution in [0.2, 0.25) is 0 Å². The molecule has 0 bridgehead atoms. The Kier molecular flexibility index (Phi) is 5.67. The molecular formula is C12H16F2N2O2. The monoisotopic (exact) mass is 258 g/mol. The average Bonchev–Trinajstić information content (AvgIpc) is 2.32. The number of ether oxygens (including phenoxy) is 1. The van der Waals surface area contributed by atoms with Crippen molar-refractivity contribution >= 4 is 5.91 Å². The van der Waals surface area contributed by atoms with E-state index in [-0.39, 0.29) is 18.2 Å². The van der Waals surface area contributed by atoms with Gasteiger partial charge < -0.3 is 15.8 Å². The van der Waals surface area contributed by atoms with Crippen molar-refractivity contribution in [3.05, 3.63) is 35.4 Å². The summed E-state index contributed by atoms with van der Waals surface area (Å²) in [6, 6.07) is 2.37. The molecule has 1 rings (SSSR count). The van der Waals surface area contributed by atoms with Gasteiger partial charge in [0.15, 0.2) is 0 Å². The molecule has 6 heteroatoms. The highest BCUT2D eigenvalue weighted by Gasteiger charge is 2.13. The molecule has 1 amide bonds. The number of hydrogen-bond donors (Lipinski definition) is 2. The van der Waals surface area contributed by atoms with Crippen LogP contribution < -0.4 is 11.1 Å². The van der Waals surface area contributed by atoms with Crippen molar-refractivity contribution in [3.8, 4) is 0 Å². The predicted octanol–water partition coefficient (Wildman–Crippen LogP) is 1.06. The van der Waals surface area contributed by atoms with E-state index in [0.717, 1.165) is 12.1 Å². The zero-order chi connectivity index (χ0) is 13.5. The molecule has 3 N–H and O–H groups in total. The maximum Gasteiger partial charge on any atom is 0.251 e. The molecule has 0 spiro atoms. The molecule has 0 aliphatic carbocycles. The van der Waals surface area contributed by atoms with Gasteiger partial charge >= 0.3 is 0 Å². The Hall–Kier alpha value is -1.53. The van der Waals surface area contributed by atoms with Gasteiger partial charge in [0.2, 0.25) is 0 Å². The van der Waals surface area contributed by atoms with Gasteiger partial charge in [0, 0.05) is 37.9 Å². The number of nitrogens with one attached hydrogen (secondary N) is 1. The normalized spacial score (nSPS) is 12.2. The van der Waals surface area contributed by atoms with Crippen molar-refractivity contribution < 1.29 is 18.3 Å². The molecule has 0 radical (unpaired) electrons. The Balaban J connectivity index is 2.68. The molecule has 1 unspecified atom stereocenters. The summed E-state index contributed by atoms with van der Waals surface area (Å²) in [7, 11) is 1.54. The zero-order valence-corrected chi connectivity index (χ0v) is 10.1. The summed E-state index contributed by atoms with van der Waals surface area (Å²) in [5.41, 5.74) is 5.41. The van der Waals surface area contributed by atoms with Gasteiger partial charge in [-0.3, -0.25) is 4.79 Å². The van der Waals surface area contributed by atoms with Crippen LogP contribution in [0.3, 0.4) is 0 Å². The van der Waals surface area contributed by atoms with Crippen molar-refractivity contribution in [1.82, 2.24) is 5.32 Å². The molecule has 0 saturated carbocycles. The van der Waals surface area contributed by atoms with Gasteiger partial charge in [-0.1, -0.05) is 0 Å². The first-order chi connectivity index (χ1) is 8.56. The minimum Gasteiger partial charge on any atom is -0.385 e. The smallest absolute Gasteiger partial charge is 0.251 e. The van der Waals surface area contributed by atoms with Gasteiger partial charge in [0.1, 0.15) is 11.6 Å². The topological polar surface area (TPSA) is 64.3 Å². The number of benzene rings is 1. The van der Waals surface area contributed by atoms with Crippen LogP contribution >= 0.6 is 0 Å². The second kappa shape index (κ2) is 7.03. The summed E-state index contributed by atoms with van der Waals surface area (Å²) in [5, 5.41) is 2.59. The molecule has 0 aliphatic heterocycles. The summed E-state index contributed by atoms with van der Waals surface area (Å²) in [6.07, 6.45) is 0.538. The Morgan fingerprint density at radius 1 is 1.39 bits per heavy atom. The third kappa shape index (κ3) is 4.38. The molecule has 1 aromatic carbocycles. The van der Waals surface area contributed by atoms with Gasteiger partial charge in [0.05, 0.1) is 0 Å². The molecule has 1 atom stereocenters. The highest BCUT2D eigenvalue weighted by molar-refractivity contribution is 5.94. The van der Waals surface area contributed by atoms with E-state index in [2.05, 4.69) is 5.32 Å². The highest BCUT2D eigenvalue weighted by Crippen LogP contribution is 2.08. The van der Waals surface area contributed by atoms with E-state index >= 15 is 0 Å². The molecule has 0 aromatic heterocycles. The molecule has 0 saturated heterocycles. The Bertz CT molecular complexity index is 393. The Morgan fingerprint density at radius 3 is 2.50 bits per heavy atom. The highest BCUT2D eigenvalue weighted by atomic mass is 19.1. The SMILES string of the molecule is COCCC(CN)NC(=O)c1cc(F)cc(F)c1. The van der Waals surface area contributed by atoms with E-state index in [0.29, 0.717) is 19.1 Å². The fraction of sp³-hybridized carbons (Fsp3) is 0.417. The minimum atomic E-state index is -0.790. The van der Waals surface area contributed by atoms with Gasteiger partial charge in [-0.05, 0) is 18.6 Å². The van der Waals surface area contributed by atoms with E-state index in [1.807, 2.05) is 0 Å². The number of hydrogen-bond acceptors (Lipinski definition) is 3. The van der Waals surface area contributed by atoms with Crippen LogP contribution in [0.5, 0.6) is 0 Å². The number of rotatable bonds is 6. The van der Waals surface area contributed by atoms with Gasteiger partial charge in [-0.25, -0.2) is 8.78 Å². The maximum atomic E-state index is 12.9. The number of halogens is 2. The lowest BCUT2D eigenvalue weighted by molar-refractivity contribution is 0.0925. The van der Waals surface area contributed by atoms with Gasteiger partial charge in [-0.2, -0.15) is 0 Å². The third-order valence-corrected chi connectivity index (χ3v) is 2.41. The van der Waals surface area contributed by atoms with E-state index < -0.39 is 17.5 Å². The van der Waals surface area contributed by atoms with Crippen molar-refractivity contribution in [3.63, 3.8) is 0 Å². The molecule has 18 heavy (non-hydrogen) atoms. The largest absolute Gasteiger partial charge is 0.385 e. The second-order valence-electron chi connectivity index (χ2n) is 3.85. The molecule has 1 aromatic rings. The lowest BCUT2D eigenvalue weighted by Gasteiger charge is -2.16. The van der Waals surface area contributed by atoms with Crippen LogP contribution in [-0.4, -0.2) is 32.2 Å². The lowest BCUT2D eigenvalue weighted by Crippen LogP contribution is -2.41. The average molecular weight is 258 g/mol. The fourth-order valence-electron chi connectivity index (χ4n) is 1.46. The maximum absolute atomic E-state index is 12.9. The summed E-state index contributed by atoms with van der Waals surface area (Å²) < 4.78 is 30.8. The standard InChI is InChI=1S/C12H16F2N2O2/c1-18-3-2-11(7-15)16-12(17)8-4-9(13)6-10(14)5-8/h4-6,11H,2-3,7,15H2,1H3,(H,16,17). The minimum absolute atomic E-state index is 0.0663. The molecule has 100 valence electrons. The second-order valence-corrected chi connectivity index (χ2v) is 3.85. The summed E-state index contributed by atoms with van der Waals surface area (Å²) in [5.74, 6) is -2.14. The number of carbonyl (C=O) groups is 1. The fourth-order valence-corrected chi connectivity index (χ4v) is 1.46. The summed E-state index contributed by atoms with van der Waals surface area (Å²) in [4.78, 5) is 11.7. The molecule has 0 fully saturated rings. The van der Waals surface area contributed by atoms with E-state index in [1.165, 1.54) is 7.11 Å². The number of nitrogens with two attached hydrogens (primary N) is 1. The predicted molar refractivity (Wildman–Crippen MR) is 63.2 cm³/mol. The first-order valence-electron chi connectivity index (χ1n) is 5.52. The third-order valence-electron chi connectivity index (χ3n) is 2.41.